The number of alkyl halides is 3. The Kier molecular flexibility index (Phi) is 5.77. The molecule has 0 aromatic rings. The summed E-state index contributed by atoms with van der Waals surface area (Å²) in [5, 5.41) is 0. The highest BCUT2D eigenvalue weighted by atomic mass is 32.2. The van der Waals surface area contributed by atoms with Crippen LogP contribution >= 0.6 is 11.8 Å². The van der Waals surface area contributed by atoms with Gasteiger partial charge in [0.2, 0.25) is 0 Å². The molecule has 1 fully saturated rings. The first-order valence-electron chi connectivity index (χ1n) is 5.59. The average Bonchev–Trinajstić information content (AvgIpc) is 2.35. The Hall–Kier alpha value is -1.12. The highest BCUT2D eigenvalue weighted by Gasteiger charge is 2.37. The van der Waals surface area contributed by atoms with Crippen LogP contribution in [0.4, 0.5) is 18.0 Å². The predicted octanol–water partition coefficient (Wildman–Crippen LogP) is 1.67. The molecule has 0 saturated carbocycles. The molecule has 0 aliphatic carbocycles. The number of hydrogen-bond acceptors (Lipinski definition) is 5. The molecule has 0 aromatic carbocycles. The van der Waals surface area contributed by atoms with E-state index in [1.165, 1.54) is 11.8 Å². The molecule has 1 aliphatic heterocycles. The van der Waals surface area contributed by atoms with E-state index in [9.17, 15) is 22.8 Å². The quantitative estimate of drug-likeness (QED) is 0.742. The summed E-state index contributed by atoms with van der Waals surface area (Å²) < 4.78 is 44.8. The molecule has 1 heterocycles. The summed E-state index contributed by atoms with van der Waals surface area (Å²) in [7, 11) is 0. The van der Waals surface area contributed by atoms with Crippen molar-refractivity contribution in [2.75, 3.05) is 31.3 Å². The molecule has 0 radical (unpaired) electrons. The van der Waals surface area contributed by atoms with Crippen LogP contribution in [0.2, 0.25) is 0 Å². The Morgan fingerprint density at radius 3 is 2.63 bits per heavy atom. The third kappa shape index (κ3) is 5.17. The zero-order chi connectivity index (χ0) is 14.5. The van der Waals surface area contributed by atoms with E-state index in [0.29, 0.717) is 11.5 Å². The minimum atomic E-state index is -4.58. The van der Waals surface area contributed by atoms with Gasteiger partial charge in [-0.1, -0.05) is 0 Å². The number of carbonyl (C=O) groups is 2. The maximum absolute atomic E-state index is 12.0. The Bertz CT molecular complexity index is 337. The molecule has 110 valence electrons. The van der Waals surface area contributed by atoms with Crippen LogP contribution in [0.15, 0.2) is 0 Å². The highest BCUT2D eigenvalue weighted by molar-refractivity contribution is 7.99. The van der Waals surface area contributed by atoms with E-state index < -0.39 is 30.9 Å². The molecule has 0 spiro atoms. The van der Waals surface area contributed by atoms with Gasteiger partial charge in [0.15, 0.2) is 6.61 Å². The second-order valence-electron chi connectivity index (χ2n) is 3.71. The van der Waals surface area contributed by atoms with Gasteiger partial charge >= 0.3 is 18.2 Å². The SMILES string of the molecule is CCOC(=O)C1CSCCN1C(=O)OCC(F)(F)F. The fraction of sp³-hybridized carbons (Fsp3) is 0.800. The van der Waals surface area contributed by atoms with Crippen molar-refractivity contribution in [3.05, 3.63) is 0 Å². The van der Waals surface area contributed by atoms with Gasteiger partial charge in [-0.15, -0.1) is 0 Å². The second-order valence-corrected chi connectivity index (χ2v) is 4.86. The number of amides is 1. The summed E-state index contributed by atoms with van der Waals surface area (Å²) in [6.45, 7) is 0.251. The van der Waals surface area contributed by atoms with Gasteiger partial charge in [0, 0.05) is 18.1 Å². The van der Waals surface area contributed by atoms with Crippen molar-refractivity contribution in [2.45, 2.75) is 19.1 Å². The van der Waals surface area contributed by atoms with Crippen LogP contribution in [0.3, 0.4) is 0 Å². The summed E-state index contributed by atoms with van der Waals surface area (Å²) in [4.78, 5) is 24.1. The van der Waals surface area contributed by atoms with E-state index in [-0.39, 0.29) is 13.2 Å². The van der Waals surface area contributed by atoms with E-state index in [1.54, 1.807) is 6.92 Å². The van der Waals surface area contributed by atoms with Crippen LogP contribution in [-0.2, 0) is 14.3 Å². The number of hydrogen-bond donors (Lipinski definition) is 0. The lowest BCUT2D eigenvalue weighted by atomic mass is 10.3. The van der Waals surface area contributed by atoms with Crippen molar-refractivity contribution < 1.29 is 32.2 Å². The molecule has 0 bridgehead atoms. The zero-order valence-electron chi connectivity index (χ0n) is 10.2. The molecule has 1 unspecified atom stereocenters. The standard InChI is InChI=1S/C10H14F3NO4S/c1-2-17-8(15)7-5-19-4-3-14(7)9(16)18-6-10(11,12)13/h7H,2-6H2,1H3. The third-order valence-electron chi connectivity index (χ3n) is 2.28. The van der Waals surface area contributed by atoms with Gasteiger partial charge < -0.3 is 9.47 Å². The van der Waals surface area contributed by atoms with Crippen molar-refractivity contribution in [3.63, 3.8) is 0 Å². The van der Waals surface area contributed by atoms with Crippen molar-refractivity contribution >= 4 is 23.8 Å². The molecule has 1 amide bonds. The molecule has 0 aromatic heterocycles. The van der Waals surface area contributed by atoms with Crippen molar-refractivity contribution in [3.8, 4) is 0 Å². The topological polar surface area (TPSA) is 55.8 Å². The normalized spacial score (nSPS) is 20.0. The van der Waals surface area contributed by atoms with Crippen molar-refractivity contribution in [1.29, 1.82) is 0 Å². The van der Waals surface area contributed by atoms with Gasteiger partial charge in [0.1, 0.15) is 6.04 Å². The van der Waals surface area contributed by atoms with Crippen molar-refractivity contribution in [2.24, 2.45) is 0 Å². The predicted molar refractivity (Wildman–Crippen MR) is 61.9 cm³/mol. The monoisotopic (exact) mass is 301 g/mol. The van der Waals surface area contributed by atoms with Crippen LogP contribution in [0.5, 0.6) is 0 Å². The molecule has 1 saturated heterocycles. The molecule has 1 atom stereocenters. The Balaban J connectivity index is 2.61. The Labute approximate surface area is 112 Å². The molecule has 1 aliphatic rings. The third-order valence-corrected chi connectivity index (χ3v) is 3.30. The summed E-state index contributed by atoms with van der Waals surface area (Å²) in [6.07, 6.45) is -5.73. The minimum Gasteiger partial charge on any atom is -0.464 e. The zero-order valence-corrected chi connectivity index (χ0v) is 11.1. The summed E-state index contributed by atoms with van der Waals surface area (Å²) >= 11 is 1.43. The Morgan fingerprint density at radius 1 is 1.37 bits per heavy atom. The smallest absolute Gasteiger partial charge is 0.422 e. The number of halogens is 3. The van der Waals surface area contributed by atoms with E-state index in [1.807, 2.05) is 0 Å². The van der Waals surface area contributed by atoms with Gasteiger partial charge in [-0.05, 0) is 6.92 Å². The molecule has 9 heteroatoms. The Morgan fingerprint density at radius 2 is 2.05 bits per heavy atom. The second kappa shape index (κ2) is 6.88. The van der Waals surface area contributed by atoms with Gasteiger partial charge in [-0.25, -0.2) is 9.59 Å². The van der Waals surface area contributed by atoms with E-state index in [0.717, 1.165) is 4.90 Å². The van der Waals surface area contributed by atoms with Crippen LogP contribution in [0, 0.1) is 0 Å². The van der Waals surface area contributed by atoms with E-state index in [4.69, 9.17) is 4.74 Å². The number of ether oxygens (including phenoxy) is 2. The lowest BCUT2D eigenvalue weighted by Gasteiger charge is -2.32. The van der Waals surface area contributed by atoms with Gasteiger partial charge in [-0.2, -0.15) is 24.9 Å². The van der Waals surface area contributed by atoms with Crippen LogP contribution in [0.25, 0.3) is 0 Å². The summed E-state index contributed by atoms with van der Waals surface area (Å²) in [6, 6.07) is -0.889. The van der Waals surface area contributed by atoms with E-state index >= 15 is 0 Å². The van der Waals surface area contributed by atoms with Crippen molar-refractivity contribution in [1.82, 2.24) is 4.90 Å². The minimum absolute atomic E-state index is 0.144. The van der Waals surface area contributed by atoms with Gasteiger partial charge in [0.25, 0.3) is 0 Å². The van der Waals surface area contributed by atoms with Gasteiger partial charge in [0.05, 0.1) is 6.61 Å². The molecule has 5 nitrogen and oxygen atoms in total. The lowest BCUT2D eigenvalue weighted by Crippen LogP contribution is -2.51. The molecular weight excluding hydrogens is 287 g/mol. The first kappa shape index (κ1) is 15.9. The fourth-order valence-corrected chi connectivity index (χ4v) is 2.51. The first-order chi connectivity index (χ1) is 8.85. The molecule has 0 N–H and O–H groups in total. The summed E-state index contributed by atoms with van der Waals surface area (Å²) in [5.74, 6) is 0.204. The number of carbonyl (C=O) groups excluding carboxylic acids is 2. The van der Waals surface area contributed by atoms with Crippen LogP contribution in [-0.4, -0.2) is 60.4 Å². The maximum Gasteiger partial charge on any atom is 0.422 e. The molecule has 1 rings (SSSR count). The van der Waals surface area contributed by atoms with Crippen LogP contribution < -0.4 is 0 Å². The van der Waals surface area contributed by atoms with E-state index in [2.05, 4.69) is 4.74 Å². The summed E-state index contributed by atoms with van der Waals surface area (Å²) in [5.41, 5.74) is 0. The van der Waals surface area contributed by atoms with Crippen LogP contribution in [0.1, 0.15) is 6.92 Å². The average molecular weight is 301 g/mol. The number of thioether (sulfide) groups is 1. The molecule has 19 heavy (non-hydrogen) atoms. The molecular formula is C10H14F3NO4S. The fourth-order valence-electron chi connectivity index (χ4n) is 1.48. The number of esters is 1. The maximum atomic E-state index is 12.0. The van der Waals surface area contributed by atoms with Gasteiger partial charge in [-0.3, -0.25) is 4.90 Å². The number of nitrogens with zero attached hydrogens (tertiary/aromatic N) is 1. The highest BCUT2D eigenvalue weighted by Crippen LogP contribution is 2.20. The number of rotatable bonds is 3. The lowest BCUT2D eigenvalue weighted by molar-refractivity contribution is -0.164. The largest absolute Gasteiger partial charge is 0.464 e. The first-order valence-corrected chi connectivity index (χ1v) is 6.75.